The molecule has 9 heteroatoms. The standard InChI is InChI=1S/C14H16F4N2O3/c15-10-3-4-11(12(6-10)20(22)23)19-8-13(21)5-1-2-9(7-13)14(16,17)18/h3-4,6,9,19,21H,1-2,5,7-8H2. The molecule has 0 aromatic heterocycles. The minimum Gasteiger partial charge on any atom is -0.388 e. The summed E-state index contributed by atoms with van der Waals surface area (Å²) in [5.41, 5.74) is -2.18. The van der Waals surface area contributed by atoms with Gasteiger partial charge in [0.1, 0.15) is 11.5 Å². The summed E-state index contributed by atoms with van der Waals surface area (Å²) in [6.07, 6.45) is -4.49. The predicted octanol–water partition coefficient (Wildman–Crippen LogP) is 3.63. The molecule has 23 heavy (non-hydrogen) atoms. The summed E-state index contributed by atoms with van der Waals surface area (Å²) >= 11 is 0. The number of nitrogens with zero attached hydrogens (tertiary/aromatic N) is 1. The van der Waals surface area contributed by atoms with Crippen molar-refractivity contribution in [3.05, 3.63) is 34.1 Å². The van der Waals surface area contributed by atoms with Crippen LogP contribution in [0.2, 0.25) is 0 Å². The number of halogens is 4. The lowest BCUT2D eigenvalue weighted by molar-refractivity contribution is -0.384. The van der Waals surface area contributed by atoms with Crippen LogP contribution in [0.15, 0.2) is 18.2 Å². The van der Waals surface area contributed by atoms with Crippen LogP contribution in [0.25, 0.3) is 0 Å². The minimum absolute atomic E-state index is 0.0392. The van der Waals surface area contributed by atoms with E-state index in [9.17, 15) is 32.8 Å². The van der Waals surface area contributed by atoms with Crippen LogP contribution in [0.5, 0.6) is 0 Å². The number of rotatable bonds is 4. The van der Waals surface area contributed by atoms with Gasteiger partial charge < -0.3 is 10.4 Å². The van der Waals surface area contributed by atoms with Gasteiger partial charge in [-0.25, -0.2) is 4.39 Å². The summed E-state index contributed by atoms with van der Waals surface area (Å²) in [5.74, 6) is -2.39. The lowest BCUT2D eigenvalue weighted by Gasteiger charge is -2.37. The molecule has 0 spiro atoms. The van der Waals surface area contributed by atoms with E-state index in [2.05, 4.69) is 5.32 Å². The molecule has 2 N–H and O–H groups in total. The number of anilines is 1. The fourth-order valence-corrected chi connectivity index (χ4v) is 2.85. The second-order valence-corrected chi connectivity index (χ2v) is 5.83. The number of benzene rings is 1. The van der Waals surface area contributed by atoms with Crippen molar-refractivity contribution in [3.63, 3.8) is 0 Å². The van der Waals surface area contributed by atoms with E-state index >= 15 is 0 Å². The zero-order valence-corrected chi connectivity index (χ0v) is 12.1. The van der Waals surface area contributed by atoms with Gasteiger partial charge in [0.2, 0.25) is 0 Å². The second-order valence-electron chi connectivity index (χ2n) is 5.83. The van der Waals surface area contributed by atoms with Crippen molar-refractivity contribution in [2.24, 2.45) is 5.92 Å². The average molecular weight is 336 g/mol. The molecule has 1 aromatic carbocycles. The maximum Gasteiger partial charge on any atom is 0.391 e. The molecule has 2 rings (SSSR count). The van der Waals surface area contributed by atoms with Crippen molar-refractivity contribution in [1.82, 2.24) is 0 Å². The molecule has 2 unspecified atom stereocenters. The SMILES string of the molecule is O=[N+]([O-])c1cc(F)ccc1NCC1(O)CCCC(C(F)(F)F)C1. The Morgan fingerprint density at radius 2 is 2.13 bits per heavy atom. The van der Waals surface area contributed by atoms with Gasteiger partial charge in [-0.1, -0.05) is 0 Å². The molecule has 1 aromatic rings. The highest BCUT2D eigenvalue weighted by Gasteiger charge is 2.46. The summed E-state index contributed by atoms with van der Waals surface area (Å²) in [7, 11) is 0. The zero-order chi connectivity index (χ0) is 17.3. The number of alkyl halides is 3. The van der Waals surface area contributed by atoms with E-state index in [1.165, 1.54) is 0 Å². The lowest BCUT2D eigenvalue weighted by Crippen LogP contribution is -2.45. The molecule has 2 atom stereocenters. The first-order chi connectivity index (χ1) is 10.6. The Kier molecular flexibility index (Phi) is 4.79. The highest BCUT2D eigenvalue weighted by molar-refractivity contribution is 5.61. The Morgan fingerprint density at radius 1 is 1.43 bits per heavy atom. The third-order valence-electron chi connectivity index (χ3n) is 4.05. The summed E-state index contributed by atoms with van der Waals surface area (Å²) in [6.45, 7) is -0.272. The quantitative estimate of drug-likeness (QED) is 0.500. The lowest BCUT2D eigenvalue weighted by atomic mass is 9.77. The molecule has 5 nitrogen and oxygen atoms in total. The van der Waals surface area contributed by atoms with Crippen LogP contribution in [0.4, 0.5) is 28.9 Å². The Hall–Kier alpha value is -1.90. The van der Waals surface area contributed by atoms with Crippen LogP contribution in [0, 0.1) is 21.8 Å². The fourth-order valence-electron chi connectivity index (χ4n) is 2.85. The number of aliphatic hydroxyl groups is 1. The van der Waals surface area contributed by atoms with Crippen LogP contribution in [-0.2, 0) is 0 Å². The molecular formula is C14H16F4N2O3. The first-order valence-corrected chi connectivity index (χ1v) is 7.08. The van der Waals surface area contributed by atoms with Gasteiger partial charge in [-0.15, -0.1) is 0 Å². The largest absolute Gasteiger partial charge is 0.391 e. The van der Waals surface area contributed by atoms with Crippen LogP contribution in [-0.4, -0.2) is 28.4 Å². The monoisotopic (exact) mass is 336 g/mol. The highest BCUT2D eigenvalue weighted by atomic mass is 19.4. The molecule has 1 aliphatic rings. The third-order valence-corrected chi connectivity index (χ3v) is 4.05. The molecule has 1 aliphatic carbocycles. The third kappa shape index (κ3) is 4.31. The van der Waals surface area contributed by atoms with Gasteiger partial charge in [-0.2, -0.15) is 13.2 Å². The summed E-state index contributed by atoms with van der Waals surface area (Å²) in [6, 6.07) is 2.84. The Morgan fingerprint density at radius 3 is 2.74 bits per heavy atom. The van der Waals surface area contributed by atoms with Gasteiger partial charge in [0, 0.05) is 6.54 Å². The number of nitro groups is 1. The van der Waals surface area contributed by atoms with E-state index in [1.807, 2.05) is 0 Å². The van der Waals surface area contributed by atoms with Crippen molar-refractivity contribution >= 4 is 11.4 Å². The maximum atomic E-state index is 13.1. The van der Waals surface area contributed by atoms with Crippen molar-refractivity contribution in [1.29, 1.82) is 0 Å². The van der Waals surface area contributed by atoms with Crippen LogP contribution < -0.4 is 5.32 Å². The number of hydrogen-bond donors (Lipinski definition) is 2. The molecule has 0 aliphatic heterocycles. The second kappa shape index (κ2) is 6.31. The van der Waals surface area contributed by atoms with E-state index < -0.39 is 40.5 Å². The molecule has 1 fully saturated rings. The number of nitro benzene ring substituents is 1. The van der Waals surface area contributed by atoms with Crippen molar-refractivity contribution in [2.45, 2.75) is 37.5 Å². The average Bonchev–Trinajstić information content (AvgIpc) is 2.45. The minimum atomic E-state index is -4.38. The van der Waals surface area contributed by atoms with Gasteiger partial charge in [0.25, 0.3) is 5.69 Å². The molecule has 0 heterocycles. The van der Waals surface area contributed by atoms with E-state index in [0.717, 1.165) is 12.1 Å². The van der Waals surface area contributed by atoms with Crippen molar-refractivity contribution in [3.8, 4) is 0 Å². The first-order valence-electron chi connectivity index (χ1n) is 7.08. The van der Waals surface area contributed by atoms with E-state index in [4.69, 9.17) is 0 Å². The molecule has 0 amide bonds. The van der Waals surface area contributed by atoms with E-state index in [1.54, 1.807) is 0 Å². The first kappa shape index (κ1) is 17.5. The van der Waals surface area contributed by atoms with Crippen molar-refractivity contribution in [2.75, 3.05) is 11.9 Å². The number of nitrogens with one attached hydrogen (secondary N) is 1. The van der Waals surface area contributed by atoms with E-state index in [-0.39, 0.29) is 31.5 Å². The normalized spacial score (nSPS) is 25.2. The van der Waals surface area contributed by atoms with Gasteiger partial charge in [-0.05, 0) is 37.8 Å². The van der Waals surface area contributed by atoms with Crippen LogP contribution >= 0.6 is 0 Å². The zero-order valence-electron chi connectivity index (χ0n) is 12.1. The molecule has 128 valence electrons. The predicted molar refractivity (Wildman–Crippen MR) is 74.5 cm³/mol. The Labute approximate surface area is 129 Å². The number of hydrogen-bond acceptors (Lipinski definition) is 4. The smallest absolute Gasteiger partial charge is 0.388 e. The molecule has 1 saturated carbocycles. The molecule has 0 saturated heterocycles. The Bertz CT molecular complexity index is 594. The van der Waals surface area contributed by atoms with Gasteiger partial charge in [-0.3, -0.25) is 10.1 Å². The van der Waals surface area contributed by atoms with E-state index in [0.29, 0.717) is 6.07 Å². The van der Waals surface area contributed by atoms with Gasteiger partial charge in [0.15, 0.2) is 0 Å². The Balaban J connectivity index is 2.09. The molecular weight excluding hydrogens is 320 g/mol. The maximum absolute atomic E-state index is 13.1. The summed E-state index contributed by atoms with van der Waals surface area (Å²) in [5, 5.41) is 23.8. The summed E-state index contributed by atoms with van der Waals surface area (Å²) < 4.78 is 51.5. The molecule has 0 bridgehead atoms. The fraction of sp³-hybridized carbons (Fsp3) is 0.571. The van der Waals surface area contributed by atoms with Crippen molar-refractivity contribution < 1.29 is 27.6 Å². The van der Waals surface area contributed by atoms with Gasteiger partial charge in [0.05, 0.1) is 22.5 Å². The highest BCUT2D eigenvalue weighted by Crippen LogP contribution is 2.42. The molecule has 0 radical (unpaired) electrons. The van der Waals surface area contributed by atoms with Crippen LogP contribution in [0.3, 0.4) is 0 Å². The summed E-state index contributed by atoms with van der Waals surface area (Å²) in [4.78, 5) is 10.1. The van der Waals surface area contributed by atoms with Gasteiger partial charge >= 0.3 is 6.18 Å². The van der Waals surface area contributed by atoms with Crippen LogP contribution in [0.1, 0.15) is 25.7 Å². The topological polar surface area (TPSA) is 75.4 Å².